The minimum absolute atomic E-state index is 0.260. The molecule has 1 fully saturated rings. The minimum Gasteiger partial charge on any atom is -0.478 e. The lowest BCUT2D eigenvalue weighted by molar-refractivity contribution is 0.0697. The van der Waals surface area contributed by atoms with Gasteiger partial charge in [-0.1, -0.05) is 0 Å². The van der Waals surface area contributed by atoms with Crippen molar-refractivity contribution in [1.29, 1.82) is 0 Å². The van der Waals surface area contributed by atoms with Gasteiger partial charge >= 0.3 is 5.97 Å². The molecule has 0 spiro atoms. The fraction of sp³-hybridized carbons (Fsp3) is 0.364. The Kier molecular flexibility index (Phi) is 2.60. The van der Waals surface area contributed by atoms with Crippen LogP contribution in [0.2, 0.25) is 0 Å². The molecule has 0 saturated carbocycles. The van der Waals surface area contributed by atoms with Crippen LogP contribution in [-0.2, 0) is 0 Å². The summed E-state index contributed by atoms with van der Waals surface area (Å²) >= 11 is 0. The van der Waals surface area contributed by atoms with Crippen LogP contribution in [-0.4, -0.2) is 35.4 Å². The van der Waals surface area contributed by atoms with Crippen LogP contribution in [0.25, 0.3) is 0 Å². The molecule has 1 heterocycles. The summed E-state index contributed by atoms with van der Waals surface area (Å²) < 4.78 is 0. The third kappa shape index (κ3) is 2.10. The molecular weight excluding hydrogens is 194 g/mol. The Hall–Kier alpha value is -1.55. The summed E-state index contributed by atoms with van der Waals surface area (Å²) in [6.07, 6.45) is 0.518. The molecule has 4 heteroatoms. The van der Waals surface area contributed by atoms with Crippen LogP contribution in [0.1, 0.15) is 16.8 Å². The van der Waals surface area contributed by atoms with Crippen molar-refractivity contribution in [3.8, 4) is 0 Å². The van der Waals surface area contributed by atoms with Gasteiger partial charge in [-0.25, -0.2) is 4.79 Å². The summed E-state index contributed by atoms with van der Waals surface area (Å²) in [6.45, 7) is 1.46. The first-order valence-electron chi connectivity index (χ1n) is 4.93. The molecule has 4 nitrogen and oxygen atoms in total. The van der Waals surface area contributed by atoms with E-state index in [9.17, 15) is 9.90 Å². The average Bonchev–Trinajstić information content (AvgIpc) is 2.65. The standard InChI is InChI=1S/C11H13NO3/c13-10-5-6-12(7-10)9-3-1-8(2-4-9)11(14)15/h1-4,10,13H,5-7H2,(H,14,15)/t10-/m0/s1. The fourth-order valence-electron chi connectivity index (χ4n) is 1.79. The van der Waals surface area contributed by atoms with Gasteiger partial charge in [0.25, 0.3) is 0 Å². The van der Waals surface area contributed by atoms with Crippen molar-refractivity contribution in [2.24, 2.45) is 0 Å². The van der Waals surface area contributed by atoms with Gasteiger partial charge in [0.2, 0.25) is 0 Å². The molecule has 2 rings (SSSR count). The summed E-state index contributed by atoms with van der Waals surface area (Å²) in [5.41, 5.74) is 1.26. The van der Waals surface area contributed by atoms with Gasteiger partial charge in [0, 0.05) is 18.8 Å². The number of aromatic carboxylic acids is 1. The molecular formula is C11H13NO3. The van der Waals surface area contributed by atoms with Crippen molar-refractivity contribution in [2.75, 3.05) is 18.0 Å². The van der Waals surface area contributed by atoms with E-state index in [0.717, 1.165) is 18.7 Å². The lowest BCUT2D eigenvalue weighted by Gasteiger charge is -2.17. The number of rotatable bonds is 2. The van der Waals surface area contributed by atoms with E-state index in [2.05, 4.69) is 4.90 Å². The normalized spacial score (nSPS) is 20.6. The molecule has 0 bridgehead atoms. The second kappa shape index (κ2) is 3.90. The number of hydrogen-bond acceptors (Lipinski definition) is 3. The van der Waals surface area contributed by atoms with E-state index in [4.69, 9.17) is 5.11 Å². The Bertz CT molecular complexity index is 361. The van der Waals surface area contributed by atoms with Gasteiger partial charge in [-0.3, -0.25) is 0 Å². The van der Waals surface area contributed by atoms with E-state index >= 15 is 0 Å². The largest absolute Gasteiger partial charge is 0.478 e. The number of carboxylic acids is 1. The third-order valence-corrected chi connectivity index (χ3v) is 2.64. The first-order valence-corrected chi connectivity index (χ1v) is 4.93. The van der Waals surface area contributed by atoms with E-state index in [1.165, 1.54) is 0 Å². The quantitative estimate of drug-likeness (QED) is 0.758. The number of aliphatic hydroxyl groups excluding tert-OH is 1. The van der Waals surface area contributed by atoms with E-state index in [0.29, 0.717) is 12.1 Å². The molecule has 0 aromatic heterocycles. The fourth-order valence-corrected chi connectivity index (χ4v) is 1.79. The van der Waals surface area contributed by atoms with Gasteiger partial charge in [0.1, 0.15) is 0 Å². The van der Waals surface area contributed by atoms with Crippen LogP contribution in [0.5, 0.6) is 0 Å². The van der Waals surface area contributed by atoms with Gasteiger partial charge in [0.05, 0.1) is 11.7 Å². The summed E-state index contributed by atoms with van der Waals surface area (Å²) in [5.74, 6) is -0.914. The Morgan fingerprint density at radius 2 is 2.00 bits per heavy atom. The molecule has 1 aromatic rings. The maximum atomic E-state index is 10.6. The van der Waals surface area contributed by atoms with Crippen molar-refractivity contribution in [3.63, 3.8) is 0 Å². The van der Waals surface area contributed by atoms with Crippen molar-refractivity contribution < 1.29 is 15.0 Å². The van der Waals surface area contributed by atoms with E-state index in [-0.39, 0.29) is 6.10 Å². The smallest absolute Gasteiger partial charge is 0.335 e. The van der Waals surface area contributed by atoms with Crippen molar-refractivity contribution in [3.05, 3.63) is 29.8 Å². The lowest BCUT2D eigenvalue weighted by atomic mass is 10.2. The van der Waals surface area contributed by atoms with Crippen LogP contribution in [0, 0.1) is 0 Å². The zero-order valence-electron chi connectivity index (χ0n) is 8.26. The molecule has 15 heavy (non-hydrogen) atoms. The number of benzene rings is 1. The molecule has 0 unspecified atom stereocenters. The van der Waals surface area contributed by atoms with Crippen LogP contribution in [0.4, 0.5) is 5.69 Å². The highest BCUT2D eigenvalue weighted by Crippen LogP contribution is 2.20. The Morgan fingerprint density at radius 1 is 1.33 bits per heavy atom. The minimum atomic E-state index is -0.914. The monoisotopic (exact) mass is 207 g/mol. The summed E-state index contributed by atoms with van der Waals surface area (Å²) in [7, 11) is 0. The number of carbonyl (C=O) groups is 1. The van der Waals surface area contributed by atoms with Crippen LogP contribution in [0.3, 0.4) is 0 Å². The molecule has 1 aliphatic rings. The topological polar surface area (TPSA) is 60.8 Å². The molecule has 1 saturated heterocycles. The van der Waals surface area contributed by atoms with Gasteiger partial charge in [-0.2, -0.15) is 0 Å². The van der Waals surface area contributed by atoms with E-state index < -0.39 is 5.97 Å². The highest BCUT2D eigenvalue weighted by atomic mass is 16.4. The molecule has 0 radical (unpaired) electrons. The van der Waals surface area contributed by atoms with Gasteiger partial charge in [0.15, 0.2) is 0 Å². The molecule has 1 aromatic carbocycles. The van der Waals surface area contributed by atoms with E-state index in [1.54, 1.807) is 24.3 Å². The first kappa shape index (κ1) is 9.98. The third-order valence-electron chi connectivity index (χ3n) is 2.64. The molecule has 1 atom stereocenters. The summed E-state index contributed by atoms with van der Waals surface area (Å²) in [6, 6.07) is 6.73. The lowest BCUT2D eigenvalue weighted by Crippen LogP contribution is -2.21. The maximum absolute atomic E-state index is 10.6. The van der Waals surface area contributed by atoms with Crippen molar-refractivity contribution >= 4 is 11.7 Å². The maximum Gasteiger partial charge on any atom is 0.335 e. The number of carboxylic acid groups (broad SMARTS) is 1. The Balaban J connectivity index is 2.13. The molecule has 2 N–H and O–H groups in total. The number of aliphatic hydroxyl groups is 1. The second-order valence-corrected chi connectivity index (χ2v) is 3.74. The summed E-state index contributed by atoms with van der Waals surface area (Å²) in [5, 5.41) is 18.1. The number of anilines is 1. The van der Waals surface area contributed by atoms with Gasteiger partial charge in [-0.05, 0) is 30.7 Å². The van der Waals surface area contributed by atoms with Gasteiger partial charge < -0.3 is 15.1 Å². The first-order chi connectivity index (χ1) is 7.16. The van der Waals surface area contributed by atoms with E-state index in [1.807, 2.05) is 0 Å². The highest BCUT2D eigenvalue weighted by molar-refractivity contribution is 5.88. The Labute approximate surface area is 87.8 Å². The predicted molar refractivity (Wildman–Crippen MR) is 56.2 cm³/mol. The van der Waals surface area contributed by atoms with Crippen LogP contribution >= 0.6 is 0 Å². The zero-order chi connectivity index (χ0) is 10.8. The van der Waals surface area contributed by atoms with Crippen molar-refractivity contribution in [2.45, 2.75) is 12.5 Å². The van der Waals surface area contributed by atoms with Gasteiger partial charge in [-0.15, -0.1) is 0 Å². The van der Waals surface area contributed by atoms with Crippen LogP contribution in [0.15, 0.2) is 24.3 Å². The predicted octanol–water partition coefficient (Wildman–Crippen LogP) is 0.956. The highest BCUT2D eigenvalue weighted by Gasteiger charge is 2.20. The number of nitrogens with zero attached hydrogens (tertiary/aromatic N) is 1. The molecule has 0 aliphatic carbocycles. The molecule has 0 amide bonds. The second-order valence-electron chi connectivity index (χ2n) is 3.74. The van der Waals surface area contributed by atoms with Crippen molar-refractivity contribution in [1.82, 2.24) is 0 Å². The Morgan fingerprint density at radius 3 is 2.47 bits per heavy atom. The average molecular weight is 207 g/mol. The number of β-amino-alcohol motifs (C(OH)–C–C–N with tert-alkyl or cyclic N) is 1. The SMILES string of the molecule is O=C(O)c1ccc(N2CC[C@H](O)C2)cc1. The number of hydrogen-bond donors (Lipinski definition) is 2. The zero-order valence-corrected chi connectivity index (χ0v) is 8.26. The summed E-state index contributed by atoms with van der Waals surface area (Å²) in [4.78, 5) is 12.7. The molecule has 80 valence electrons. The molecule has 1 aliphatic heterocycles. The van der Waals surface area contributed by atoms with Crippen LogP contribution < -0.4 is 4.90 Å².